The summed E-state index contributed by atoms with van der Waals surface area (Å²) in [5.41, 5.74) is 16.5. The second-order valence-corrected chi connectivity index (χ2v) is 19.5. The first-order valence-corrected chi connectivity index (χ1v) is 23.1. The van der Waals surface area contributed by atoms with Gasteiger partial charge in [-0.25, -0.2) is 0 Å². The van der Waals surface area contributed by atoms with Gasteiger partial charge in [0.2, 0.25) is 0 Å². The molecule has 4 saturated carbocycles. The molecule has 1 spiro atoms. The maximum absolute atomic E-state index is 6.46. The Balaban J connectivity index is 0.889. The summed E-state index contributed by atoms with van der Waals surface area (Å²) in [6.45, 7) is 0. The average Bonchev–Trinajstić information content (AvgIpc) is 3.97. The van der Waals surface area contributed by atoms with Crippen LogP contribution in [0.5, 0.6) is 0 Å². The molecule has 61 heavy (non-hydrogen) atoms. The minimum Gasteiger partial charge on any atom is -0.455 e. The lowest BCUT2D eigenvalue weighted by molar-refractivity contribution is -0.0399. The number of hydrogen-bond donors (Lipinski definition) is 0. The molecule has 0 saturated heterocycles. The number of thiophene rings is 1. The second kappa shape index (κ2) is 12.8. The van der Waals surface area contributed by atoms with Gasteiger partial charge < -0.3 is 9.32 Å². The van der Waals surface area contributed by atoms with Crippen molar-refractivity contribution >= 4 is 70.5 Å². The zero-order valence-corrected chi connectivity index (χ0v) is 34.7. The van der Waals surface area contributed by atoms with Crippen molar-refractivity contribution in [2.45, 2.75) is 37.5 Å². The van der Waals surface area contributed by atoms with Crippen LogP contribution in [-0.4, -0.2) is 0 Å². The van der Waals surface area contributed by atoms with E-state index in [0.717, 1.165) is 73.8 Å². The molecule has 0 radical (unpaired) electrons. The van der Waals surface area contributed by atoms with Crippen LogP contribution in [0.25, 0.3) is 75.5 Å². The van der Waals surface area contributed by atoms with E-state index in [-0.39, 0.29) is 5.41 Å². The lowest BCUT2D eigenvalue weighted by Crippen LogP contribution is -2.55. The molecule has 2 aromatic heterocycles. The monoisotopic (exact) mass is 801 g/mol. The van der Waals surface area contributed by atoms with Crippen molar-refractivity contribution in [3.05, 3.63) is 187 Å². The van der Waals surface area contributed by atoms with E-state index in [9.17, 15) is 0 Å². The van der Waals surface area contributed by atoms with Crippen LogP contribution >= 0.6 is 11.3 Å². The van der Waals surface area contributed by atoms with Crippen LogP contribution in [0.4, 0.5) is 17.1 Å². The Morgan fingerprint density at radius 2 is 1.02 bits per heavy atom. The van der Waals surface area contributed by atoms with Gasteiger partial charge >= 0.3 is 0 Å². The molecule has 4 bridgehead atoms. The van der Waals surface area contributed by atoms with Crippen LogP contribution in [0, 0.1) is 23.7 Å². The van der Waals surface area contributed by atoms with E-state index in [1.54, 1.807) is 11.1 Å². The zero-order chi connectivity index (χ0) is 39.8. The molecule has 5 aliphatic carbocycles. The van der Waals surface area contributed by atoms with Crippen molar-refractivity contribution in [1.82, 2.24) is 0 Å². The standard InChI is InChI=1S/C58H43NOS/c1-4-15-51-50(11-1)56-44(12-8-16-52(56)58(51)39-30-35-29-36(32-39)33-40(58)31-35)37-19-23-41(24-20-37)59(43-27-28-48-47-10-3-6-18-54(47)61-55(48)34-43)42-25-21-38(22-26-42)45-13-7-14-49-46-9-2-5-17-53(46)60-57(45)49/h1-28,34-36,39-40H,29-33H2. The SMILES string of the molecule is c1ccc2c(c1)-c1c(-c3ccc(N(c4ccc(-c5cccc6c5oc5ccccc56)cc4)c4ccc5c(c4)sc4ccccc45)cc3)cccc1C21C2CC3CC(C2)CC1C3. The first-order valence-electron chi connectivity index (χ1n) is 22.2. The van der Waals surface area contributed by atoms with Crippen molar-refractivity contribution in [2.75, 3.05) is 4.90 Å². The molecule has 8 aromatic carbocycles. The minimum absolute atomic E-state index is 0.166. The van der Waals surface area contributed by atoms with E-state index < -0.39 is 0 Å². The van der Waals surface area contributed by atoms with Gasteiger partial charge in [-0.15, -0.1) is 11.3 Å². The molecule has 292 valence electrons. The van der Waals surface area contributed by atoms with Crippen LogP contribution in [0.2, 0.25) is 0 Å². The van der Waals surface area contributed by atoms with E-state index in [0.29, 0.717) is 0 Å². The van der Waals surface area contributed by atoms with Gasteiger partial charge in [0.1, 0.15) is 11.2 Å². The fourth-order valence-electron chi connectivity index (χ4n) is 13.3. The number of hydrogen-bond acceptors (Lipinski definition) is 3. The summed E-state index contributed by atoms with van der Waals surface area (Å²) in [6, 6.07) is 65.8. The highest BCUT2D eigenvalue weighted by atomic mass is 32.1. The Labute approximate surface area is 359 Å². The Morgan fingerprint density at radius 3 is 1.80 bits per heavy atom. The van der Waals surface area contributed by atoms with Gasteiger partial charge in [0.05, 0.1) is 0 Å². The van der Waals surface area contributed by atoms with Crippen molar-refractivity contribution in [3.8, 4) is 33.4 Å². The summed E-state index contributed by atoms with van der Waals surface area (Å²) >= 11 is 1.87. The molecular weight excluding hydrogens is 759 g/mol. The molecule has 0 atom stereocenters. The Kier molecular flexibility index (Phi) is 7.20. The summed E-state index contributed by atoms with van der Waals surface area (Å²) in [5, 5.41) is 4.93. The third-order valence-corrected chi connectivity index (χ3v) is 16.6. The fourth-order valence-corrected chi connectivity index (χ4v) is 14.4. The lowest BCUT2D eigenvalue weighted by Gasteiger charge is -2.61. The van der Waals surface area contributed by atoms with Crippen molar-refractivity contribution in [3.63, 3.8) is 0 Å². The number of anilines is 3. The van der Waals surface area contributed by atoms with E-state index in [4.69, 9.17) is 4.42 Å². The first kappa shape index (κ1) is 34.3. The van der Waals surface area contributed by atoms with Gasteiger partial charge in [-0.1, -0.05) is 127 Å². The molecule has 10 aromatic rings. The highest BCUT2D eigenvalue weighted by molar-refractivity contribution is 7.25. The number of nitrogens with zero attached hydrogens (tertiary/aromatic N) is 1. The molecule has 0 N–H and O–H groups in total. The van der Waals surface area contributed by atoms with Crippen molar-refractivity contribution < 1.29 is 4.42 Å². The van der Waals surface area contributed by atoms with Crippen LogP contribution < -0.4 is 4.90 Å². The van der Waals surface area contributed by atoms with Crippen LogP contribution in [0.15, 0.2) is 180 Å². The van der Waals surface area contributed by atoms with Gasteiger partial charge in [-0.05, 0) is 143 Å². The molecule has 0 unspecified atom stereocenters. The molecule has 2 heterocycles. The summed E-state index contributed by atoms with van der Waals surface area (Å²) < 4.78 is 9.08. The minimum atomic E-state index is 0.166. The quantitative estimate of drug-likeness (QED) is 0.172. The Bertz CT molecular complexity index is 3360. The highest BCUT2D eigenvalue weighted by Crippen LogP contribution is 2.70. The van der Waals surface area contributed by atoms with E-state index >= 15 is 0 Å². The number of rotatable bonds is 5. The zero-order valence-electron chi connectivity index (χ0n) is 33.9. The maximum Gasteiger partial charge on any atom is 0.143 e. The molecule has 3 heteroatoms. The number of benzene rings is 8. The topological polar surface area (TPSA) is 16.4 Å². The summed E-state index contributed by atoms with van der Waals surface area (Å²) in [7, 11) is 0. The summed E-state index contributed by atoms with van der Waals surface area (Å²) in [4.78, 5) is 2.42. The molecule has 5 aliphatic rings. The molecule has 15 rings (SSSR count). The number of fused-ring (bicyclic) bond motifs is 9. The van der Waals surface area contributed by atoms with Gasteiger partial charge in [0.15, 0.2) is 0 Å². The van der Waals surface area contributed by atoms with Crippen molar-refractivity contribution in [1.29, 1.82) is 0 Å². The number of para-hydroxylation sites is 2. The number of furan rings is 1. The Hall–Kier alpha value is -6.42. The summed E-state index contributed by atoms with van der Waals surface area (Å²) in [6.07, 6.45) is 7.08. The molecular formula is C58H43NOS. The first-order chi connectivity index (χ1) is 30.2. The highest BCUT2D eigenvalue weighted by Gasteiger charge is 2.61. The predicted octanol–water partition coefficient (Wildman–Crippen LogP) is 16.5. The van der Waals surface area contributed by atoms with Gasteiger partial charge in [-0.3, -0.25) is 0 Å². The molecule has 2 nitrogen and oxygen atoms in total. The van der Waals surface area contributed by atoms with Crippen LogP contribution in [0.3, 0.4) is 0 Å². The fraction of sp³-hybridized carbons (Fsp3) is 0.172. The van der Waals surface area contributed by atoms with E-state index in [2.05, 4.69) is 175 Å². The summed E-state index contributed by atoms with van der Waals surface area (Å²) in [5.74, 6) is 3.39. The van der Waals surface area contributed by atoms with Gasteiger partial charge in [-0.2, -0.15) is 0 Å². The molecule has 4 fully saturated rings. The van der Waals surface area contributed by atoms with Crippen molar-refractivity contribution in [2.24, 2.45) is 23.7 Å². The van der Waals surface area contributed by atoms with Gasteiger partial charge in [0, 0.05) is 59.0 Å². The molecule has 0 aliphatic heterocycles. The smallest absolute Gasteiger partial charge is 0.143 e. The third kappa shape index (κ3) is 4.84. The predicted molar refractivity (Wildman–Crippen MR) is 255 cm³/mol. The average molecular weight is 802 g/mol. The van der Waals surface area contributed by atoms with E-state index in [1.165, 1.54) is 74.5 Å². The normalized spacial score (nSPS) is 22.2. The van der Waals surface area contributed by atoms with Gasteiger partial charge in [0.25, 0.3) is 0 Å². The van der Waals surface area contributed by atoms with Crippen LogP contribution in [-0.2, 0) is 5.41 Å². The largest absolute Gasteiger partial charge is 0.455 e. The molecule has 0 amide bonds. The van der Waals surface area contributed by atoms with E-state index in [1.807, 2.05) is 17.4 Å². The second-order valence-electron chi connectivity index (χ2n) is 18.4. The third-order valence-electron chi connectivity index (χ3n) is 15.5. The Morgan fingerprint density at radius 1 is 0.443 bits per heavy atom. The maximum atomic E-state index is 6.46. The van der Waals surface area contributed by atoms with Crippen LogP contribution in [0.1, 0.15) is 43.2 Å². The lowest BCUT2D eigenvalue weighted by atomic mass is 9.43.